The van der Waals surface area contributed by atoms with E-state index in [0.29, 0.717) is 13.1 Å². The third-order valence-electron chi connectivity index (χ3n) is 3.08. The highest BCUT2D eigenvalue weighted by Gasteiger charge is 2.41. The van der Waals surface area contributed by atoms with Crippen molar-refractivity contribution in [3.63, 3.8) is 0 Å². The van der Waals surface area contributed by atoms with E-state index in [1.54, 1.807) is 0 Å². The fraction of sp³-hybridized carbons (Fsp3) is 0.583. The predicted molar refractivity (Wildman–Crippen MR) is 61.3 cm³/mol. The second-order valence-corrected chi connectivity index (χ2v) is 4.41. The fourth-order valence-electron chi connectivity index (χ4n) is 2.17. The third-order valence-corrected chi connectivity index (χ3v) is 3.08. The van der Waals surface area contributed by atoms with Crippen LogP contribution in [-0.2, 0) is 0 Å². The van der Waals surface area contributed by atoms with Gasteiger partial charge in [0.1, 0.15) is 5.82 Å². The number of alkyl halides is 3. The van der Waals surface area contributed by atoms with E-state index in [1.807, 2.05) is 4.90 Å². The Balaban J connectivity index is 2.30. The van der Waals surface area contributed by atoms with Gasteiger partial charge in [-0.3, -0.25) is 0 Å². The van der Waals surface area contributed by atoms with Gasteiger partial charge >= 0.3 is 6.18 Å². The Hall–Kier alpha value is -1.30. The molecule has 100 valence electrons. The fourth-order valence-corrected chi connectivity index (χ4v) is 2.17. The van der Waals surface area contributed by atoms with Crippen molar-refractivity contribution >= 4 is 5.82 Å². The third kappa shape index (κ3) is 2.75. The molecule has 0 radical (unpaired) electrons. The first kappa shape index (κ1) is 13.1. The lowest BCUT2D eigenvalue weighted by atomic mass is 10.1. The van der Waals surface area contributed by atoms with Crippen LogP contribution in [-0.4, -0.2) is 29.4 Å². The van der Waals surface area contributed by atoms with E-state index in [1.165, 1.54) is 18.3 Å². The maximum atomic E-state index is 12.6. The summed E-state index contributed by atoms with van der Waals surface area (Å²) in [4.78, 5) is 5.82. The van der Waals surface area contributed by atoms with Crippen molar-refractivity contribution in [2.75, 3.05) is 18.0 Å². The minimum atomic E-state index is -4.66. The Morgan fingerprint density at radius 2 is 1.89 bits per heavy atom. The largest absolute Gasteiger partial charge is 0.418 e. The molecule has 1 atom stereocenters. The number of aromatic nitrogens is 1. The number of aliphatic hydroxyl groups is 1. The van der Waals surface area contributed by atoms with E-state index < -0.39 is 12.3 Å². The Morgan fingerprint density at radius 1 is 1.22 bits per heavy atom. The van der Waals surface area contributed by atoms with Crippen LogP contribution in [0.1, 0.15) is 30.9 Å². The molecule has 0 aromatic carbocycles. The smallest absolute Gasteiger partial charge is 0.379 e. The first-order chi connectivity index (χ1) is 8.50. The number of hydrogen-bond acceptors (Lipinski definition) is 3. The standard InChI is InChI=1S/C12H15F3N2O/c13-12(14,15)10(18)9-5-4-6-16-11(9)17-7-2-1-3-8-17/h4-6,10,18H,1-3,7-8H2. The van der Waals surface area contributed by atoms with Crippen LogP contribution >= 0.6 is 0 Å². The number of hydrogen-bond donors (Lipinski definition) is 1. The zero-order chi connectivity index (χ0) is 13.2. The van der Waals surface area contributed by atoms with Gasteiger partial charge in [0.05, 0.1) is 0 Å². The number of halogens is 3. The van der Waals surface area contributed by atoms with Crippen LogP contribution in [0.4, 0.5) is 19.0 Å². The number of pyridine rings is 1. The Bertz CT molecular complexity index is 403. The lowest BCUT2D eigenvalue weighted by Gasteiger charge is -2.30. The van der Waals surface area contributed by atoms with Crippen LogP contribution in [0, 0.1) is 0 Å². The summed E-state index contributed by atoms with van der Waals surface area (Å²) in [6, 6.07) is 2.70. The molecule has 1 saturated heterocycles. The van der Waals surface area contributed by atoms with Crippen molar-refractivity contribution < 1.29 is 18.3 Å². The van der Waals surface area contributed by atoms with E-state index in [-0.39, 0.29) is 11.4 Å². The second-order valence-electron chi connectivity index (χ2n) is 4.41. The van der Waals surface area contributed by atoms with Crippen LogP contribution in [0.15, 0.2) is 18.3 Å². The number of rotatable bonds is 2. The zero-order valence-electron chi connectivity index (χ0n) is 9.82. The molecule has 1 aromatic rings. The average molecular weight is 260 g/mol. The van der Waals surface area contributed by atoms with Gasteiger partial charge in [0.2, 0.25) is 0 Å². The molecule has 1 aliphatic heterocycles. The van der Waals surface area contributed by atoms with Crippen molar-refractivity contribution in [3.05, 3.63) is 23.9 Å². The molecule has 6 heteroatoms. The monoisotopic (exact) mass is 260 g/mol. The number of nitrogens with zero attached hydrogens (tertiary/aromatic N) is 2. The molecule has 0 bridgehead atoms. The van der Waals surface area contributed by atoms with Gasteiger partial charge in [-0.15, -0.1) is 0 Å². The Morgan fingerprint density at radius 3 is 2.50 bits per heavy atom. The van der Waals surface area contributed by atoms with Crippen molar-refractivity contribution in [1.29, 1.82) is 0 Å². The molecule has 1 unspecified atom stereocenters. The maximum Gasteiger partial charge on any atom is 0.418 e. The van der Waals surface area contributed by atoms with Gasteiger partial charge in [-0.25, -0.2) is 4.98 Å². The van der Waals surface area contributed by atoms with E-state index in [2.05, 4.69) is 4.98 Å². The molecule has 1 N–H and O–H groups in total. The quantitative estimate of drug-likeness (QED) is 0.888. The van der Waals surface area contributed by atoms with Gasteiger partial charge in [0.15, 0.2) is 6.10 Å². The SMILES string of the molecule is OC(c1cccnc1N1CCCCC1)C(F)(F)F. The molecule has 1 aliphatic rings. The molecule has 18 heavy (non-hydrogen) atoms. The normalized spacial score (nSPS) is 18.8. The summed E-state index contributed by atoms with van der Waals surface area (Å²) in [5.41, 5.74) is -0.160. The van der Waals surface area contributed by atoms with Gasteiger partial charge in [-0.05, 0) is 25.3 Å². The second kappa shape index (κ2) is 5.14. The van der Waals surface area contributed by atoms with Gasteiger partial charge in [-0.1, -0.05) is 6.07 Å². The molecule has 0 spiro atoms. The van der Waals surface area contributed by atoms with Gasteiger partial charge in [-0.2, -0.15) is 13.2 Å². The minimum Gasteiger partial charge on any atom is -0.379 e. The molecule has 1 aromatic heterocycles. The summed E-state index contributed by atoms with van der Waals surface area (Å²) in [6.45, 7) is 1.38. The van der Waals surface area contributed by atoms with Crippen LogP contribution in [0.3, 0.4) is 0 Å². The van der Waals surface area contributed by atoms with Crippen LogP contribution in [0.25, 0.3) is 0 Å². The van der Waals surface area contributed by atoms with Crippen molar-refractivity contribution in [3.8, 4) is 0 Å². The average Bonchev–Trinajstić information content (AvgIpc) is 2.38. The zero-order valence-corrected chi connectivity index (χ0v) is 9.82. The van der Waals surface area contributed by atoms with Gasteiger partial charge < -0.3 is 10.0 Å². The highest BCUT2D eigenvalue weighted by Crippen LogP contribution is 2.36. The molecular formula is C12H15F3N2O. The lowest BCUT2D eigenvalue weighted by Crippen LogP contribution is -2.32. The number of anilines is 1. The molecule has 0 amide bonds. The molecule has 2 heterocycles. The summed E-state index contributed by atoms with van der Waals surface area (Å²) >= 11 is 0. The topological polar surface area (TPSA) is 36.4 Å². The van der Waals surface area contributed by atoms with E-state index in [9.17, 15) is 18.3 Å². The summed E-state index contributed by atoms with van der Waals surface area (Å²) in [6.07, 6.45) is -2.70. The summed E-state index contributed by atoms with van der Waals surface area (Å²) in [5.74, 6) is 0.252. The highest BCUT2D eigenvalue weighted by molar-refractivity contribution is 5.48. The Labute approximate surface area is 103 Å². The van der Waals surface area contributed by atoms with Gasteiger partial charge in [0.25, 0.3) is 0 Å². The molecule has 0 aliphatic carbocycles. The molecule has 2 rings (SSSR count). The maximum absolute atomic E-state index is 12.6. The summed E-state index contributed by atoms with van der Waals surface area (Å²) in [7, 11) is 0. The highest BCUT2D eigenvalue weighted by atomic mass is 19.4. The molecular weight excluding hydrogens is 245 g/mol. The minimum absolute atomic E-state index is 0.160. The summed E-state index contributed by atoms with van der Waals surface area (Å²) in [5, 5.41) is 9.38. The van der Waals surface area contributed by atoms with Crippen LogP contribution < -0.4 is 4.90 Å². The molecule has 1 fully saturated rings. The van der Waals surface area contributed by atoms with Gasteiger partial charge in [0, 0.05) is 24.8 Å². The van der Waals surface area contributed by atoms with Crippen LogP contribution in [0.2, 0.25) is 0 Å². The van der Waals surface area contributed by atoms with Crippen LogP contribution in [0.5, 0.6) is 0 Å². The first-order valence-corrected chi connectivity index (χ1v) is 5.95. The first-order valence-electron chi connectivity index (χ1n) is 5.95. The lowest BCUT2D eigenvalue weighted by molar-refractivity contribution is -0.206. The number of piperidine rings is 1. The summed E-state index contributed by atoms with van der Waals surface area (Å²) < 4.78 is 37.8. The molecule has 0 saturated carbocycles. The van der Waals surface area contributed by atoms with Crippen molar-refractivity contribution in [1.82, 2.24) is 4.98 Å². The Kier molecular flexibility index (Phi) is 3.75. The van der Waals surface area contributed by atoms with E-state index >= 15 is 0 Å². The predicted octanol–water partition coefficient (Wildman–Crippen LogP) is 2.67. The number of aliphatic hydroxyl groups excluding tert-OH is 1. The molecule has 3 nitrogen and oxygen atoms in total. The van der Waals surface area contributed by atoms with Crippen molar-refractivity contribution in [2.45, 2.75) is 31.5 Å². The van der Waals surface area contributed by atoms with Crippen molar-refractivity contribution in [2.24, 2.45) is 0 Å². The van der Waals surface area contributed by atoms with E-state index in [4.69, 9.17) is 0 Å². The van der Waals surface area contributed by atoms with E-state index in [0.717, 1.165) is 19.3 Å².